The maximum Gasteiger partial charge on any atom is 0.126 e. The minimum atomic E-state index is -1.06. The van der Waals surface area contributed by atoms with Crippen LogP contribution in [0.5, 0.6) is 5.75 Å². The molecule has 1 N–H and O–H groups in total. The molecule has 1 unspecified atom stereocenters. The lowest BCUT2D eigenvalue weighted by Crippen LogP contribution is -2.29. The van der Waals surface area contributed by atoms with E-state index in [1.165, 1.54) is 5.56 Å². The van der Waals surface area contributed by atoms with Crippen LogP contribution in [0.15, 0.2) is 42.5 Å². The predicted octanol–water partition coefficient (Wildman–Crippen LogP) is 4.97. The normalized spacial score (nSPS) is 19.3. The van der Waals surface area contributed by atoms with Crippen molar-refractivity contribution in [1.29, 1.82) is 0 Å². The van der Waals surface area contributed by atoms with E-state index in [-0.39, 0.29) is 5.60 Å². The minimum Gasteiger partial charge on any atom is -0.488 e. The van der Waals surface area contributed by atoms with Crippen LogP contribution in [0.3, 0.4) is 0 Å². The highest BCUT2D eigenvalue weighted by atomic mass is 16.5. The second-order valence-corrected chi connectivity index (χ2v) is 8.05. The Morgan fingerprint density at radius 2 is 1.88 bits per heavy atom. The molecular formula is C23H30O3. The first-order valence-electron chi connectivity index (χ1n) is 9.54. The summed E-state index contributed by atoms with van der Waals surface area (Å²) in [4.78, 5) is 0. The van der Waals surface area contributed by atoms with Crippen molar-refractivity contribution in [3.05, 3.63) is 64.7 Å². The van der Waals surface area contributed by atoms with Gasteiger partial charge >= 0.3 is 0 Å². The molecule has 0 saturated carbocycles. The first-order valence-corrected chi connectivity index (χ1v) is 9.54. The summed E-state index contributed by atoms with van der Waals surface area (Å²) >= 11 is 0. The molecule has 2 aromatic rings. The molecule has 0 spiro atoms. The van der Waals surface area contributed by atoms with E-state index in [1.54, 1.807) is 0 Å². The lowest BCUT2D eigenvalue weighted by Gasteiger charge is -2.31. The molecule has 1 aliphatic heterocycles. The van der Waals surface area contributed by atoms with Crippen molar-refractivity contribution in [3.63, 3.8) is 0 Å². The topological polar surface area (TPSA) is 38.7 Å². The molecule has 2 aromatic carbocycles. The van der Waals surface area contributed by atoms with Gasteiger partial charge in [-0.05, 0) is 62.8 Å². The first-order chi connectivity index (χ1) is 12.3. The van der Waals surface area contributed by atoms with Gasteiger partial charge in [0.05, 0.1) is 5.60 Å². The summed E-state index contributed by atoms with van der Waals surface area (Å²) in [5, 5.41) is 11.8. The summed E-state index contributed by atoms with van der Waals surface area (Å²) < 4.78 is 11.9. The van der Waals surface area contributed by atoms with Crippen LogP contribution in [0.25, 0.3) is 0 Å². The van der Waals surface area contributed by atoms with E-state index in [4.69, 9.17) is 9.47 Å². The highest BCUT2D eigenvalue weighted by Crippen LogP contribution is 2.43. The average molecular weight is 354 g/mol. The van der Waals surface area contributed by atoms with Gasteiger partial charge < -0.3 is 14.6 Å². The van der Waals surface area contributed by atoms with E-state index in [0.717, 1.165) is 35.3 Å². The fraction of sp³-hybridized carbons (Fsp3) is 0.478. The summed E-state index contributed by atoms with van der Waals surface area (Å²) in [6.07, 6.45) is 2.32. The van der Waals surface area contributed by atoms with Crippen LogP contribution in [-0.4, -0.2) is 17.3 Å². The number of hydrogen-bond donors (Lipinski definition) is 1. The Kier molecular flexibility index (Phi) is 5.40. The molecule has 3 nitrogen and oxygen atoms in total. The molecule has 0 radical (unpaired) electrons. The predicted molar refractivity (Wildman–Crippen MR) is 105 cm³/mol. The van der Waals surface area contributed by atoms with Gasteiger partial charge in [0, 0.05) is 12.2 Å². The minimum absolute atomic E-state index is 0.166. The molecule has 0 fully saturated rings. The smallest absolute Gasteiger partial charge is 0.126 e. The number of benzene rings is 2. The van der Waals surface area contributed by atoms with Crippen molar-refractivity contribution in [2.75, 3.05) is 6.61 Å². The Labute approximate surface area is 157 Å². The zero-order valence-corrected chi connectivity index (χ0v) is 16.3. The molecule has 1 aliphatic rings. The molecule has 1 atom stereocenters. The number of ether oxygens (including phenoxy) is 2. The molecule has 26 heavy (non-hydrogen) atoms. The Morgan fingerprint density at radius 1 is 1.12 bits per heavy atom. The van der Waals surface area contributed by atoms with E-state index in [2.05, 4.69) is 39.8 Å². The molecule has 3 heteroatoms. The quantitative estimate of drug-likeness (QED) is 0.770. The first kappa shape index (κ1) is 18.9. The van der Waals surface area contributed by atoms with Gasteiger partial charge in [-0.3, -0.25) is 0 Å². The van der Waals surface area contributed by atoms with Crippen LogP contribution in [-0.2, 0) is 23.4 Å². The summed E-state index contributed by atoms with van der Waals surface area (Å²) in [6.45, 7) is 9.39. The number of aliphatic hydroxyl groups is 1. The Bertz CT molecular complexity index is 760. The Morgan fingerprint density at radius 3 is 2.62 bits per heavy atom. The number of rotatable bonds is 5. The molecular weight excluding hydrogens is 324 g/mol. The fourth-order valence-electron chi connectivity index (χ4n) is 3.57. The summed E-state index contributed by atoms with van der Waals surface area (Å²) in [7, 11) is 0. The van der Waals surface area contributed by atoms with Gasteiger partial charge in [0.2, 0.25) is 0 Å². The second kappa shape index (κ2) is 7.42. The third-order valence-corrected chi connectivity index (χ3v) is 4.96. The van der Waals surface area contributed by atoms with Gasteiger partial charge in [-0.15, -0.1) is 0 Å². The van der Waals surface area contributed by atoms with E-state index in [9.17, 15) is 5.11 Å². The lowest BCUT2D eigenvalue weighted by molar-refractivity contribution is -0.0158. The molecule has 0 saturated heterocycles. The van der Waals surface area contributed by atoms with E-state index in [0.29, 0.717) is 19.6 Å². The SMILES string of the molecule is CCc1ccc2c(c1)OCc1ccccc1C2(O)CCCOC(C)(C)C. The number of aryl methyl sites for hydroxylation is 1. The standard InChI is InChI=1S/C23H30O3/c1-5-17-11-12-20-21(15-17)25-16-18-9-6-7-10-19(18)23(20,24)13-8-14-26-22(2,3)4/h6-7,9-12,15,24H,5,8,13-14,16H2,1-4H3. The van der Waals surface area contributed by atoms with Gasteiger partial charge in [0.1, 0.15) is 18.0 Å². The van der Waals surface area contributed by atoms with Crippen molar-refractivity contribution >= 4 is 0 Å². The van der Waals surface area contributed by atoms with Crippen molar-refractivity contribution in [2.24, 2.45) is 0 Å². The van der Waals surface area contributed by atoms with Gasteiger partial charge in [-0.2, -0.15) is 0 Å². The van der Waals surface area contributed by atoms with Crippen molar-refractivity contribution < 1.29 is 14.6 Å². The van der Waals surface area contributed by atoms with Crippen LogP contribution in [0, 0.1) is 0 Å². The third kappa shape index (κ3) is 3.94. The zero-order valence-electron chi connectivity index (χ0n) is 16.3. The Balaban J connectivity index is 1.96. The lowest BCUT2D eigenvalue weighted by atomic mass is 9.80. The number of hydrogen-bond acceptors (Lipinski definition) is 3. The van der Waals surface area contributed by atoms with Crippen molar-refractivity contribution in [3.8, 4) is 5.75 Å². The van der Waals surface area contributed by atoms with Gasteiger partial charge in [0.25, 0.3) is 0 Å². The van der Waals surface area contributed by atoms with Crippen LogP contribution in [0.2, 0.25) is 0 Å². The highest BCUT2D eigenvalue weighted by molar-refractivity contribution is 5.50. The van der Waals surface area contributed by atoms with Crippen LogP contribution in [0.1, 0.15) is 62.8 Å². The molecule has 3 rings (SSSR count). The molecule has 0 bridgehead atoms. The zero-order chi connectivity index (χ0) is 18.8. The summed E-state index contributed by atoms with van der Waals surface area (Å²) in [5.41, 5.74) is 2.83. The maximum absolute atomic E-state index is 11.8. The van der Waals surface area contributed by atoms with E-state index >= 15 is 0 Å². The molecule has 0 aliphatic carbocycles. The third-order valence-electron chi connectivity index (χ3n) is 4.96. The summed E-state index contributed by atoms with van der Waals surface area (Å²) in [6, 6.07) is 14.2. The fourth-order valence-corrected chi connectivity index (χ4v) is 3.57. The van der Waals surface area contributed by atoms with Crippen molar-refractivity contribution in [2.45, 2.75) is 64.8 Å². The van der Waals surface area contributed by atoms with Crippen LogP contribution >= 0.6 is 0 Å². The average Bonchev–Trinajstić information content (AvgIpc) is 2.74. The van der Waals surface area contributed by atoms with E-state index in [1.807, 2.05) is 30.3 Å². The molecule has 1 heterocycles. The van der Waals surface area contributed by atoms with Gasteiger partial charge in [0.15, 0.2) is 0 Å². The molecule has 140 valence electrons. The summed E-state index contributed by atoms with van der Waals surface area (Å²) in [5.74, 6) is 0.791. The number of fused-ring (bicyclic) bond motifs is 2. The Hall–Kier alpha value is -1.84. The monoisotopic (exact) mass is 354 g/mol. The highest BCUT2D eigenvalue weighted by Gasteiger charge is 2.37. The van der Waals surface area contributed by atoms with Crippen molar-refractivity contribution in [1.82, 2.24) is 0 Å². The second-order valence-electron chi connectivity index (χ2n) is 8.05. The largest absolute Gasteiger partial charge is 0.488 e. The van der Waals surface area contributed by atoms with Gasteiger partial charge in [-0.25, -0.2) is 0 Å². The van der Waals surface area contributed by atoms with E-state index < -0.39 is 5.60 Å². The molecule has 0 amide bonds. The van der Waals surface area contributed by atoms with Crippen LogP contribution in [0.4, 0.5) is 0 Å². The van der Waals surface area contributed by atoms with Gasteiger partial charge in [-0.1, -0.05) is 43.3 Å². The molecule has 0 aromatic heterocycles. The van der Waals surface area contributed by atoms with Crippen LogP contribution < -0.4 is 4.74 Å². The maximum atomic E-state index is 11.8.